The van der Waals surface area contributed by atoms with Crippen molar-refractivity contribution in [1.29, 1.82) is 0 Å². The van der Waals surface area contributed by atoms with Crippen molar-refractivity contribution in [2.75, 3.05) is 0 Å². The van der Waals surface area contributed by atoms with Gasteiger partial charge < -0.3 is 14.0 Å². The summed E-state index contributed by atoms with van der Waals surface area (Å²) in [5.41, 5.74) is 4.04. The predicted molar refractivity (Wildman–Crippen MR) is 196 cm³/mol. The Morgan fingerprint density at radius 2 is 1.55 bits per heavy atom. The van der Waals surface area contributed by atoms with Crippen LogP contribution in [0, 0.1) is 23.2 Å². The number of aliphatic hydroxyl groups is 1. The average Bonchev–Trinajstić information content (AvgIpc) is 3.20. The normalized spacial score (nSPS) is 31.9. The van der Waals surface area contributed by atoms with E-state index in [4.69, 9.17) is 8.85 Å². The Morgan fingerprint density at radius 1 is 0.955 bits per heavy atom. The Hall–Kier alpha value is -0.466. The summed E-state index contributed by atoms with van der Waals surface area (Å²) in [5.74, 6) is 2.18. The molecule has 0 amide bonds. The third-order valence-corrected chi connectivity index (χ3v) is 21.9. The van der Waals surface area contributed by atoms with Gasteiger partial charge in [0.15, 0.2) is 16.6 Å². The lowest BCUT2D eigenvalue weighted by atomic mass is 9.60. The van der Waals surface area contributed by atoms with Crippen LogP contribution in [0.1, 0.15) is 133 Å². The van der Waals surface area contributed by atoms with Crippen LogP contribution in [-0.4, -0.2) is 39.6 Å². The summed E-state index contributed by atoms with van der Waals surface area (Å²) in [5, 5.41) is 10.6. The van der Waals surface area contributed by atoms with E-state index < -0.39 is 22.2 Å². The maximum absolute atomic E-state index is 10.2. The molecule has 3 aliphatic carbocycles. The molecule has 0 aromatic rings. The van der Waals surface area contributed by atoms with Gasteiger partial charge in [-0.15, -0.1) is 0 Å². The molecule has 254 valence electrons. The van der Waals surface area contributed by atoms with Gasteiger partial charge in [0.25, 0.3) is 0 Å². The second kappa shape index (κ2) is 13.6. The van der Waals surface area contributed by atoms with E-state index in [1.165, 1.54) is 49.7 Å². The van der Waals surface area contributed by atoms with Crippen LogP contribution in [0.15, 0.2) is 35.5 Å². The summed E-state index contributed by atoms with van der Waals surface area (Å²) >= 11 is 0. The highest BCUT2D eigenvalue weighted by Crippen LogP contribution is 2.60. The summed E-state index contributed by atoms with van der Waals surface area (Å²) in [6, 6.07) is 0. The molecule has 3 saturated carbocycles. The molecule has 0 radical (unpaired) electrons. The zero-order valence-corrected chi connectivity index (χ0v) is 33.6. The van der Waals surface area contributed by atoms with Crippen LogP contribution < -0.4 is 0 Å². The fourth-order valence-electron chi connectivity index (χ4n) is 8.04. The van der Waals surface area contributed by atoms with Crippen molar-refractivity contribution in [3.8, 4) is 0 Å². The first-order valence-electron chi connectivity index (χ1n) is 18.0. The highest BCUT2D eigenvalue weighted by molar-refractivity contribution is 6.74. The van der Waals surface area contributed by atoms with Crippen LogP contribution in [0.4, 0.5) is 0 Å². The van der Waals surface area contributed by atoms with E-state index in [0.29, 0.717) is 17.3 Å². The lowest BCUT2D eigenvalue weighted by Gasteiger charge is -2.46. The molecule has 6 atom stereocenters. The van der Waals surface area contributed by atoms with Crippen molar-refractivity contribution in [1.82, 2.24) is 0 Å². The van der Waals surface area contributed by atoms with E-state index in [1.54, 1.807) is 5.57 Å². The molecular weight excluding hydrogens is 573 g/mol. The summed E-state index contributed by atoms with van der Waals surface area (Å²) in [6.07, 6.45) is 16.8. The third kappa shape index (κ3) is 8.91. The fraction of sp³-hybridized carbons (Fsp3) is 0.846. The number of rotatable bonds is 10. The fourth-order valence-corrected chi connectivity index (χ4v) is 10.7. The van der Waals surface area contributed by atoms with Crippen LogP contribution in [0.3, 0.4) is 0 Å². The molecule has 3 rings (SSSR count). The van der Waals surface area contributed by atoms with Crippen molar-refractivity contribution < 1.29 is 14.0 Å². The lowest BCUT2D eigenvalue weighted by Crippen LogP contribution is -2.49. The maximum atomic E-state index is 10.2. The third-order valence-electron chi connectivity index (χ3n) is 12.9. The average molecular weight is 645 g/mol. The van der Waals surface area contributed by atoms with Crippen LogP contribution in [0.5, 0.6) is 0 Å². The largest absolute Gasteiger partial charge is 0.413 e. The van der Waals surface area contributed by atoms with E-state index in [9.17, 15) is 5.11 Å². The highest BCUT2D eigenvalue weighted by Gasteiger charge is 2.50. The second-order valence-corrected chi connectivity index (χ2v) is 28.6. The van der Waals surface area contributed by atoms with Gasteiger partial charge in [-0.05, 0) is 129 Å². The minimum Gasteiger partial charge on any atom is -0.413 e. The zero-order chi connectivity index (χ0) is 33.5. The molecule has 3 nitrogen and oxygen atoms in total. The van der Waals surface area contributed by atoms with Crippen molar-refractivity contribution in [3.05, 3.63) is 35.5 Å². The number of hydrogen-bond donors (Lipinski definition) is 1. The maximum Gasteiger partial charge on any atom is 0.192 e. The first-order chi connectivity index (χ1) is 19.9. The summed E-state index contributed by atoms with van der Waals surface area (Å²) in [7, 11) is -3.89. The number of fused-ring (bicyclic) bond motifs is 1. The summed E-state index contributed by atoms with van der Waals surface area (Å²) in [6.45, 7) is 37.2. The monoisotopic (exact) mass is 645 g/mol. The minimum atomic E-state index is -1.97. The Bertz CT molecular complexity index is 1060. The van der Waals surface area contributed by atoms with E-state index in [1.807, 2.05) is 13.8 Å². The highest BCUT2D eigenvalue weighted by atomic mass is 28.4. The van der Waals surface area contributed by atoms with Gasteiger partial charge in [0, 0.05) is 6.42 Å². The first-order valence-corrected chi connectivity index (χ1v) is 23.9. The predicted octanol–water partition coefficient (Wildman–Crippen LogP) is 11.8. The van der Waals surface area contributed by atoms with Crippen molar-refractivity contribution in [2.45, 2.75) is 188 Å². The second-order valence-electron chi connectivity index (χ2n) is 19.0. The van der Waals surface area contributed by atoms with Crippen LogP contribution in [-0.2, 0) is 8.85 Å². The molecule has 0 aliphatic heterocycles. The standard InChI is InChI=1S/C39H72O3Si2/c1-28(18-16-24-38(9,10)40)33-22-23-34-30(19-17-25-39(33,34)11)20-21-31-26-32(41-43(12,13)36(3,4)5)27-35(29(31)2)42-44(14,15)37(6,7)8/h20-21,28,32-35,40H,2,16-19,22-27H2,1,3-15H3/b30-20+,31-21-. The summed E-state index contributed by atoms with van der Waals surface area (Å²) in [4.78, 5) is 0. The Kier molecular flexibility index (Phi) is 11.7. The lowest BCUT2D eigenvalue weighted by molar-refractivity contribution is 0.0596. The Balaban J connectivity index is 1.86. The molecule has 0 heterocycles. The minimum absolute atomic E-state index is 0.0290. The molecule has 6 unspecified atom stereocenters. The summed E-state index contributed by atoms with van der Waals surface area (Å²) < 4.78 is 14.2. The SMILES string of the molecule is C=C1/C(=C\C=C2/CCCC3(C)C2CCC3C(C)CCCC(C)(C)O)CC(O[Si](C)(C)C(C)(C)C)CC1O[Si](C)(C)C(C)(C)C. The van der Waals surface area contributed by atoms with E-state index in [-0.39, 0.29) is 22.3 Å². The zero-order valence-electron chi connectivity index (χ0n) is 31.6. The number of hydrogen-bond acceptors (Lipinski definition) is 3. The van der Waals surface area contributed by atoms with Crippen LogP contribution >= 0.6 is 0 Å². The van der Waals surface area contributed by atoms with Gasteiger partial charge in [-0.25, -0.2) is 0 Å². The smallest absolute Gasteiger partial charge is 0.192 e. The topological polar surface area (TPSA) is 38.7 Å². The molecule has 44 heavy (non-hydrogen) atoms. The molecule has 3 fully saturated rings. The quantitative estimate of drug-likeness (QED) is 0.240. The molecular formula is C39H72O3Si2. The molecule has 5 heteroatoms. The first kappa shape index (κ1) is 38.0. The molecule has 1 N–H and O–H groups in total. The molecule has 0 spiro atoms. The van der Waals surface area contributed by atoms with Gasteiger partial charge in [0.05, 0.1) is 17.8 Å². The van der Waals surface area contributed by atoms with E-state index in [0.717, 1.165) is 31.6 Å². The Morgan fingerprint density at radius 3 is 2.11 bits per heavy atom. The molecule has 0 saturated heterocycles. The number of allylic oxidation sites excluding steroid dienone is 3. The van der Waals surface area contributed by atoms with Gasteiger partial charge in [0.2, 0.25) is 0 Å². The van der Waals surface area contributed by atoms with Crippen molar-refractivity contribution in [3.63, 3.8) is 0 Å². The van der Waals surface area contributed by atoms with E-state index in [2.05, 4.69) is 100 Å². The molecule has 0 aromatic carbocycles. The van der Waals surface area contributed by atoms with Gasteiger partial charge in [-0.1, -0.05) is 92.5 Å². The molecule has 0 aromatic heterocycles. The molecule has 3 aliphatic rings. The van der Waals surface area contributed by atoms with Gasteiger partial charge >= 0.3 is 0 Å². The Labute approximate surface area is 276 Å². The van der Waals surface area contributed by atoms with Gasteiger partial charge in [0.1, 0.15) is 0 Å². The van der Waals surface area contributed by atoms with Crippen LogP contribution in [0.2, 0.25) is 36.3 Å². The van der Waals surface area contributed by atoms with E-state index >= 15 is 0 Å². The van der Waals surface area contributed by atoms with Gasteiger partial charge in [-0.2, -0.15) is 0 Å². The van der Waals surface area contributed by atoms with Crippen LogP contribution in [0.25, 0.3) is 0 Å². The van der Waals surface area contributed by atoms with Crippen molar-refractivity contribution >= 4 is 16.6 Å². The van der Waals surface area contributed by atoms with Crippen molar-refractivity contribution in [2.24, 2.45) is 23.2 Å². The molecule has 0 bridgehead atoms. The van der Waals surface area contributed by atoms with Gasteiger partial charge in [-0.3, -0.25) is 0 Å².